The molecule has 2 N–H and O–H groups in total. The summed E-state index contributed by atoms with van der Waals surface area (Å²) < 4.78 is 28.1. The first-order valence-electron chi connectivity index (χ1n) is 8.59. The summed E-state index contributed by atoms with van der Waals surface area (Å²) in [5, 5.41) is 3.99. The van der Waals surface area contributed by atoms with Crippen molar-refractivity contribution in [1.82, 2.24) is 9.97 Å². The molecule has 0 amide bonds. The van der Waals surface area contributed by atoms with E-state index in [1.165, 1.54) is 10.5 Å². The van der Waals surface area contributed by atoms with Crippen LogP contribution in [-0.4, -0.2) is 24.9 Å². The zero-order chi connectivity index (χ0) is 19.0. The minimum atomic E-state index is -3.80. The van der Waals surface area contributed by atoms with Gasteiger partial charge in [0.1, 0.15) is 5.82 Å². The second-order valence-electron chi connectivity index (χ2n) is 6.49. The van der Waals surface area contributed by atoms with Gasteiger partial charge in [0.15, 0.2) is 5.03 Å². The number of fused-ring (bicyclic) bond motifs is 1. The van der Waals surface area contributed by atoms with Gasteiger partial charge in [-0.15, -0.1) is 0 Å². The molecule has 0 fully saturated rings. The molecule has 0 spiro atoms. The van der Waals surface area contributed by atoms with Crippen LogP contribution in [0, 0.1) is 6.92 Å². The van der Waals surface area contributed by atoms with Crippen LogP contribution in [0.1, 0.15) is 17.0 Å². The normalized spacial score (nSPS) is 13.3. The van der Waals surface area contributed by atoms with E-state index in [-0.39, 0.29) is 11.6 Å². The number of rotatable bonds is 5. The van der Waals surface area contributed by atoms with Crippen LogP contribution in [0.4, 0.5) is 11.4 Å². The predicted molar refractivity (Wildman–Crippen MR) is 107 cm³/mol. The van der Waals surface area contributed by atoms with Crippen molar-refractivity contribution in [2.45, 2.75) is 24.9 Å². The third-order valence-corrected chi connectivity index (χ3v) is 6.51. The van der Waals surface area contributed by atoms with Gasteiger partial charge in [0.25, 0.3) is 10.0 Å². The summed E-state index contributed by atoms with van der Waals surface area (Å²) in [5.74, 6) is 0.554. The summed E-state index contributed by atoms with van der Waals surface area (Å²) >= 11 is 5.97. The minimum absolute atomic E-state index is 0.0765. The van der Waals surface area contributed by atoms with Crippen molar-refractivity contribution in [3.8, 4) is 0 Å². The molecular weight excluding hydrogens is 384 g/mol. The van der Waals surface area contributed by atoms with Crippen LogP contribution >= 0.6 is 11.6 Å². The molecule has 0 saturated carbocycles. The zero-order valence-electron chi connectivity index (χ0n) is 14.7. The number of anilines is 2. The van der Waals surface area contributed by atoms with Crippen LogP contribution in [0.2, 0.25) is 5.02 Å². The molecule has 0 atom stereocenters. The molecule has 0 aliphatic carbocycles. The van der Waals surface area contributed by atoms with Crippen LogP contribution < -0.4 is 9.62 Å². The Labute approximate surface area is 163 Å². The van der Waals surface area contributed by atoms with E-state index in [1.54, 1.807) is 19.1 Å². The fraction of sp³-hybridized carbons (Fsp3) is 0.211. The topological polar surface area (TPSA) is 78.1 Å². The van der Waals surface area contributed by atoms with Gasteiger partial charge in [0.2, 0.25) is 0 Å². The molecule has 1 aliphatic heterocycles. The second kappa shape index (κ2) is 6.90. The first-order chi connectivity index (χ1) is 12.9. The molecule has 27 heavy (non-hydrogen) atoms. The fourth-order valence-electron chi connectivity index (χ4n) is 3.17. The lowest BCUT2D eigenvalue weighted by atomic mass is 10.1. The number of hydrogen-bond donors (Lipinski definition) is 2. The van der Waals surface area contributed by atoms with Gasteiger partial charge >= 0.3 is 0 Å². The SMILES string of the molecule is Cc1ncc(S(=O)(=O)N(Cc2ccc(Cl)cc2)c2ccc3c(c2)CCN3)[nH]1. The van der Waals surface area contributed by atoms with Crippen molar-refractivity contribution in [3.63, 3.8) is 0 Å². The number of aromatic nitrogens is 2. The molecular formula is C19H19ClN4O2S. The van der Waals surface area contributed by atoms with E-state index in [1.807, 2.05) is 30.3 Å². The zero-order valence-corrected chi connectivity index (χ0v) is 16.3. The van der Waals surface area contributed by atoms with E-state index < -0.39 is 10.0 Å². The molecule has 3 aromatic rings. The number of nitrogens with one attached hydrogen (secondary N) is 2. The number of imidazole rings is 1. The highest BCUT2D eigenvalue weighted by Gasteiger charge is 2.28. The van der Waals surface area contributed by atoms with Gasteiger partial charge in [-0.1, -0.05) is 23.7 Å². The van der Waals surface area contributed by atoms with Crippen LogP contribution in [-0.2, 0) is 23.0 Å². The average molecular weight is 403 g/mol. The van der Waals surface area contributed by atoms with Crippen molar-refractivity contribution in [3.05, 3.63) is 70.6 Å². The van der Waals surface area contributed by atoms with Crippen LogP contribution in [0.3, 0.4) is 0 Å². The van der Waals surface area contributed by atoms with E-state index in [9.17, 15) is 8.42 Å². The molecule has 0 unspecified atom stereocenters. The van der Waals surface area contributed by atoms with Crippen molar-refractivity contribution in [2.75, 3.05) is 16.2 Å². The first-order valence-corrected chi connectivity index (χ1v) is 10.4. The third kappa shape index (κ3) is 3.52. The monoisotopic (exact) mass is 402 g/mol. The van der Waals surface area contributed by atoms with Crippen LogP contribution in [0.25, 0.3) is 0 Å². The van der Waals surface area contributed by atoms with Crippen molar-refractivity contribution in [1.29, 1.82) is 0 Å². The molecule has 0 bridgehead atoms. The number of benzene rings is 2. The maximum Gasteiger partial charge on any atom is 0.281 e. The molecule has 0 saturated heterocycles. The van der Waals surface area contributed by atoms with Gasteiger partial charge in [-0.3, -0.25) is 4.31 Å². The Morgan fingerprint density at radius 2 is 1.96 bits per heavy atom. The second-order valence-corrected chi connectivity index (χ2v) is 8.76. The van der Waals surface area contributed by atoms with E-state index in [4.69, 9.17) is 11.6 Å². The van der Waals surface area contributed by atoms with Gasteiger partial charge in [-0.25, -0.2) is 4.98 Å². The van der Waals surface area contributed by atoms with Gasteiger partial charge in [0.05, 0.1) is 18.4 Å². The summed E-state index contributed by atoms with van der Waals surface area (Å²) in [7, 11) is -3.80. The van der Waals surface area contributed by atoms with E-state index in [0.717, 1.165) is 29.8 Å². The van der Waals surface area contributed by atoms with Gasteiger partial charge < -0.3 is 10.3 Å². The van der Waals surface area contributed by atoms with Gasteiger partial charge in [0, 0.05) is 17.3 Å². The van der Waals surface area contributed by atoms with E-state index in [0.29, 0.717) is 16.5 Å². The molecule has 1 aromatic heterocycles. The largest absolute Gasteiger partial charge is 0.384 e. The molecule has 140 valence electrons. The Bertz CT molecular complexity index is 1080. The van der Waals surface area contributed by atoms with Gasteiger partial charge in [-0.05, 0) is 54.8 Å². The summed E-state index contributed by atoms with van der Waals surface area (Å²) in [5.41, 5.74) is 3.64. The lowest BCUT2D eigenvalue weighted by Crippen LogP contribution is -2.31. The van der Waals surface area contributed by atoms with Crippen LogP contribution in [0.5, 0.6) is 0 Å². The summed E-state index contributed by atoms with van der Waals surface area (Å²) in [6.07, 6.45) is 2.23. The number of sulfonamides is 1. The van der Waals surface area contributed by atoms with Crippen molar-refractivity contribution >= 4 is 33.0 Å². The van der Waals surface area contributed by atoms with Crippen molar-refractivity contribution in [2.24, 2.45) is 0 Å². The van der Waals surface area contributed by atoms with Crippen molar-refractivity contribution < 1.29 is 8.42 Å². The maximum atomic E-state index is 13.3. The Kier molecular flexibility index (Phi) is 4.57. The standard InChI is InChI=1S/C19H19ClN4O2S/c1-13-22-11-19(23-13)27(25,26)24(12-14-2-4-16(20)5-3-14)17-6-7-18-15(10-17)8-9-21-18/h2-7,10-11,21H,8-9,12H2,1H3,(H,22,23). The van der Waals surface area contributed by atoms with E-state index in [2.05, 4.69) is 15.3 Å². The quantitative estimate of drug-likeness (QED) is 0.681. The number of hydrogen-bond acceptors (Lipinski definition) is 4. The fourth-order valence-corrected chi connectivity index (χ4v) is 4.70. The summed E-state index contributed by atoms with van der Waals surface area (Å²) in [6.45, 7) is 2.79. The molecule has 0 radical (unpaired) electrons. The third-order valence-electron chi connectivity index (χ3n) is 4.57. The Morgan fingerprint density at radius 3 is 2.67 bits per heavy atom. The summed E-state index contributed by atoms with van der Waals surface area (Å²) in [4.78, 5) is 6.89. The average Bonchev–Trinajstić information content (AvgIpc) is 3.29. The minimum Gasteiger partial charge on any atom is -0.384 e. The first kappa shape index (κ1) is 17.9. The number of aryl methyl sites for hydroxylation is 1. The smallest absolute Gasteiger partial charge is 0.281 e. The molecule has 1 aliphatic rings. The number of nitrogens with zero attached hydrogens (tertiary/aromatic N) is 2. The number of halogens is 1. The lowest BCUT2D eigenvalue weighted by molar-refractivity contribution is 0.587. The Morgan fingerprint density at radius 1 is 1.19 bits per heavy atom. The molecule has 8 heteroatoms. The lowest BCUT2D eigenvalue weighted by Gasteiger charge is -2.24. The van der Waals surface area contributed by atoms with Gasteiger partial charge in [-0.2, -0.15) is 8.42 Å². The number of H-pyrrole nitrogens is 1. The van der Waals surface area contributed by atoms with Crippen LogP contribution in [0.15, 0.2) is 53.7 Å². The highest BCUT2D eigenvalue weighted by molar-refractivity contribution is 7.92. The number of aromatic amines is 1. The Hall–Kier alpha value is -2.51. The molecule has 4 rings (SSSR count). The molecule has 2 heterocycles. The van der Waals surface area contributed by atoms with E-state index >= 15 is 0 Å². The molecule has 6 nitrogen and oxygen atoms in total. The summed E-state index contributed by atoms with van der Waals surface area (Å²) in [6, 6.07) is 12.9. The predicted octanol–water partition coefficient (Wildman–Crippen LogP) is 3.74. The highest BCUT2D eigenvalue weighted by Crippen LogP contribution is 2.31. The molecule has 2 aromatic carbocycles. The Balaban J connectivity index is 1.78. The maximum absolute atomic E-state index is 13.3. The highest BCUT2D eigenvalue weighted by atomic mass is 35.5.